The topological polar surface area (TPSA) is 17.1 Å². The van der Waals surface area contributed by atoms with Crippen LogP contribution in [0.5, 0.6) is 0 Å². The maximum atomic E-state index is 12.4. The van der Waals surface area contributed by atoms with E-state index in [1.807, 2.05) is 43.3 Å². The monoisotopic (exact) mass is 272 g/mol. The molecule has 0 saturated heterocycles. The summed E-state index contributed by atoms with van der Waals surface area (Å²) in [5, 5.41) is 0.629. The number of hydrogen-bond donors (Lipinski definition) is 0. The van der Waals surface area contributed by atoms with Crippen LogP contribution in [0.25, 0.3) is 0 Å². The molecule has 0 aromatic heterocycles. The van der Waals surface area contributed by atoms with E-state index in [1.54, 1.807) is 6.07 Å². The van der Waals surface area contributed by atoms with Crippen LogP contribution in [-0.4, -0.2) is 5.78 Å². The normalized spacial score (nSPS) is 10.8. The van der Waals surface area contributed by atoms with Crippen molar-refractivity contribution in [1.29, 1.82) is 0 Å². The highest BCUT2D eigenvalue weighted by molar-refractivity contribution is 6.32. The van der Waals surface area contributed by atoms with Gasteiger partial charge in [-0.05, 0) is 30.0 Å². The quantitative estimate of drug-likeness (QED) is 0.719. The third kappa shape index (κ3) is 2.87. The standard InChI is InChI=1S/C17H17ClO/c1-11(2)13-7-9-14(10-8-13)17(19)15-5-4-6-16(18)12(15)3/h4-11H,1-3H3. The second kappa shape index (κ2) is 5.58. The number of ketones is 1. The van der Waals surface area contributed by atoms with Crippen molar-refractivity contribution < 1.29 is 4.79 Å². The van der Waals surface area contributed by atoms with Crippen LogP contribution < -0.4 is 0 Å². The molecule has 0 aliphatic carbocycles. The SMILES string of the molecule is Cc1c(Cl)cccc1C(=O)c1ccc(C(C)C)cc1. The van der Waals surface area contributed by atoms with Gasteiger partial charge in [-0.2, -0.15) is 0 Å². The summed E-state index contributed by atoms with van der Waals surface area (Å²) < 4.78 is 0. The van der Waals surface area contributed by atoms with E-state index in [4.69, 9.17) is 11.6 Å². The number of hydrogen-bond acceptors (Lipinski definition) is 1. The van der Waals surface area contributed by atoms with Gasteiger partial charge >= 0.3 is 0 Å². The zero-order valence-corrected chi connectivity index (χ0v) is 12.2. The zero-order valence-electron chi connectivity index (χ0n) is 11.4. The average Bonchev–Trinajstić information content (AvgIpc) is 2.41. The fourth-order valence-corrected chi connectivity index (χ4v) is 2.20. The largest absolute Gasteiger partial charge is 0.289 e. The molecule has 1 nitrogen and oxygen atoms in total. The van der Waals surface area contributed by atoms with Crippen LogP contribution in [0.1, 0.15) is 46.8 Å². The molecular weight excluding hydrogens is 256 g/mol. The molecule has 0 atom stereocenters. The summed E-state index contributed by atoms with van der Waals surface area (Å²) >= 11 is 6.06. The molecule has 2 aromatic carbocycles. The van der Waals surface area contributed by atoms with Crippen molar-refractivity contribution in [1.82, 2.24) is 0 Å². The Morgan fingerprint density at radius 1 is 1.05 bits per heavy atom. The summed E-state index contributed by atoms with van der Waals surface area (Å²) in [6, 6.07) is 13.2. The van der Waals surface area contributed by atoms with Crippen LogP contribution in [0, 0.1) is 6.92 Å². The Bertz CT molecular complexity index is 597. The predicted octanol–water partition coefficient (Wildman–Crippen LogP) is 5.00. The van der Waals surface area contributed by atoms with Gasteiger partial charge in [-0.15, -0.1) is 0 Å². The lowest BCUT2D eigenvalue weighted by Gasteiger charge is -2.08. The summed E-state index contributed by atoms with van der Waals surface area (Å²) in [7, 11) is 0. The van der Waals surface area contributed by atoms with Crippen LogP contribution in [-0.2, 0) is 0 Å². The molecule has 0 N–H and O–H groups in total. The predicted molar refractivity (Wildman–Crippen MR) is 80.2 cm³/mol. The van der Waals surface area contributed by atoms with Crippen molar-refractivity contribution in [3.63, 3.8) is 0 Å². The summed E-state index contributed by atoms with van der Waals surface area (Å²) in [4.78, 5) is 12.4. The van der Waals surface area contributed by atoms with Gasteiger partial charge in [0.25, 0.3) is 0 Å². The number of halogens is 1. The smallest absolute Gasteiger partial charge is 0.193 e. The van der Waals surface area contributed by atoms with Gasteiger partial charge in [0.1, 0.15) is 0 Å². The third-order valence-electron chi connectivity index (χ3n) is 3.35. The van der Waals surface area contributed by atoms with Crippen molar-refractivity contribution in [3.05, 3.63) is 69.7 Å². The molecule has 2 heteroatoms. The van der Waals surface area contributed by atoms with Gasteiger partial charge < -0.3 is 0 Å². The Hall–Kier alpha value is -1.60. The summed E-state index contributed by atoms with van der Waals surface area (Å²) in [6.07, 6.45) is 0. The molecule has 0 amide bonds. The van der Waals surface area contributed by atoms with Crippen molar-refractivity contribution in [2.45, 2.75) is 26.7 Å². The first-order valence-electron chi connectivity index (χ1n) is 6.40. The van der Waals surface area contributed by atoms with Gasteiger partial charge in [-0.25, -0.2) is 0 Å². The second-order valence-corrected chi connectivity index (χ2v) is 5.43. The van der Waals surface area contributed by atoms with Gasteiger partial charge in [-0.3, -0.25) is 4.79 Å². The lowest BCUT2D eigenvalue weighted by atomic mass is 9.96. The molecule has 0 aliphatic rings. The molecule has 2 aromatic rings. The van der Waals surface area contributed by atoms with Crippen LogP contribution in [0.4, 0.5) is 0 Å². The second-order valence-electron chi connectivity index (χ2n) is 5.02. The molecule has 98 valence electrons. The Balaban J connectivity index is 2.36. The Morgan fingerprint density at radius 2 is 1.68 bits per heavy atom. The van der Waals surface area contributed by atoms with E-state index < -0.39 is 0 Å². The van der Waals surface area contributed by atoms with Crippen LogP contribution in [0.2, 0.25) is 5.02 Å². The highest BCUT2D eigenvalue weighted by Gasteiger charge is 2.13. The van der Waals surface area contributed by atoms with E-state index in [-0.39, 0.29) is 5.78 Å². The Morgan fingerprint density at radius 3 is 2.26 bits per heavy atom. The van der Waals surface area contributed by atoms with Crippen molar-refractivity contribution in [2.24, 2.45) is 0 Å². The van der Waals surface area contributed by atoms with Crippen LogP contribution in [0.3, 0.4) is 0 Å². The average molecular weight is 273 g/mol. The van der Waals surface area contributed by atoms with E-state index in [0.717, 1.165) is 5.56 Å². The van der Waals surface area contributed by atoms with Gasteiger partial charge in [0, 0.05) is 16.1 Å². The van der Waals surface area contributed by atoms with Crippen molar-refractivity contribution in [2.75, 3.05) is 0 Å². The molecule has 0 bridgehead atoms. The van der Waals surface area contributed by atoms with E-state index in [0.29, 0.717) is 22.1 Å². The number of rotatable bonds is 3. The number of carbonyl (C=O) groups excluding carboxylic acids is 1. The highest BCUT2D eigenvalue weighted by atomic mass is 35.5. The van der Waals surface area contributed by atoms with E-state index >= 15 is 0 Å². The molecule has 0 unspecified atom stereocenters. The van der Waals surface area contributed by atoms with Gasteiger partial charge in [0.15, 0.2) is 5.78 Å². The fourth-order valence-electron chi connectivity index (χ4n) is 2.03. The maximum absolute atomic E-state index is 12.4. The first-order valence-corrected chi connectivity index (χ1v) is 6.78. The molecule has 19 heavy (non-hydrogen) atoms. The van der Waals surface area contributed by atoms with E-state index in [1.165, 1.54) is 5.56 Å². The minimum absolute atomic E-state index is 0.0234. The molecule has 0 fully saturated rings. The first-order chi connectivity index (χ1) is 9.00. The summed E-state index contributed by atoms with van der Waals surface area (Å²) in [6.45, 7) is 6.15. The molecule has 0 radical (unpaired) electrons. The first kappa shape index (κ1) is 13.8. The van der Waals surface area contributed by atoms with E-state index in [9.17, 15) is 4.79 Å². The van der Waals surface area contributed by atoms with Crippen molar-refractivity contribution >= 4 is 17.4 Å². The van der Waals surface area contributed by atoms with Gasteiger partial charge in [-0.1, -0.05) is 61.8 Å². The molecular formula is C17H17ClO. The maximum Gasteiger partial charge on any atom is 0.193 e. The zero-order chi connectivity index (χ0) is 14.0. The Labute approximate surface area is 119 Å². The minimum atomic E-state index is 0.0234. The lowest BCUT2D eigenvalue weighted by molar-refractivity contribution is 0.103. The Kier molecular flexibility index (Phi) is 4.06. The summed E-state index contributed by atoms with van der Waals surface area (Å²) in [5.74, 6) is 0.493. The minimum Gasteiger partial charge on any atom is -0.289 e. The van der Waals surface area contributed by atoms with Crippen LogP contribution >= 0.6 is 11.6 Å². The van der Waals surface area contributed by atoms with Gasteiger partial charge in [0.05, 0.1) is 0 Å². The molecule has 0 spiro atoms. The summed E-state index contributed by atoms with van der Waals surface area (Å²) in [5.41, 5.74) is 3.45. The third-order valence-corrected chi connectivity index (χ3v) is 3.76. The van der Waals surface area contributed by atoms with Crippen molar-refractivity contribution in [3.8, 4) is 0 Å². The van der Waals surface area contributed by atoms with Gasteiger partial charge in [0.2, 0.25) is 0 Å². The molecule has 0 aliphatic heterocycles. The van der Waals surface area contributed by atoms with E-state index in [2.05, 4.69) is 13.8 Å². The molecule has 0 saturated carbocycles. The fraction of sp³-hybridized carbons (Fsp3) is 0.235. The molecule has 0 heterocycles. The number of carbonyl (C=O) groups is 1. The molecule has 2 rings (SSSR count). The highest BCUT2D eigenvalue weighted by Crippen LogP contribution is 2.22. The number of benzene rings is 2. The van der Waals surface area contributed by atoms with Crippen LogP contribution in [0.15, 0.2) is 42.5 Å². The lowest BCUT2D eigenvalue weighted by Crippen LogP contribution is -2.04.